The summed E-state index contributed by atoms with van der Waals surface area (Å²) in [5.74, 6) is -0.00990. The summed E-state index contributed by atoms with van der Waals surface area (Å²) in [6.45, 7) is 2.83. The van der Waals surface area contributed by atoms with Crippen LogP contribution in [0.3, 0.4) is 0 Å². The van der Waals surface area contributed by atoms with E-state index in [1.807, 2.05) is 72.9 Å². The third-order valence-electron chi connectivity index (χ3n) is 4.96. The van der Waals surface area contributed by atoms with Gasteiger partial charge in [0.2, 0.25) is 0 Å². The van der Waals surface area contributed by atoms with Crippen molar-refractivity contribution in [2.24, 2.45) is 0 Å². The zero-order chi connectivity index (χ0) is 18.6. The molecule has 1 heterocycles. The van der Waals surface area contributed by atoms with Gasteiger partial charge in [0.1, 0.15) is 0 Å². The molecule has 1 aliphatic rings. The standard InChI is InChI=1S/C24H22N2O/c1-19-23(21-13-7-3-8-14-21)18-26(24(27)22-15-9-4-10-16-22)25(19)17-20-11-5-2-6-12-20/h2-16,18-19H,17H2,1H3/t19-/m1/s1. The first kappa shape index (κ1) is 17.3. The summed E-state index contributed by atoms with van der Waals surface area (Å²) in [6, 6.07) is 30.1. The molecule has 0 N–H and O–H groups in total. The maximum atomic E-state index is 13.2. The Bertz CT molecular complexity index is 936. The van der Waals surface area contributed by atoms with Crippen molar-refractivity contribution >= 4 is 11.5 Å². The molecule has 0 fully saturated rings. The molecule has 3 aromatic carbocycles. The average molecular weight is 354 g/mol. The molecular weight excluding hydrogens is 332 g/mol. The van der Waals surface area contributed by atoms with Gasteiger partial charge in [0.15, 0.2) is 0 Å². The molecule has 0 aromatic heterocycles. The molecule has 134 valence electrons. The van der Waals surface area contributed by atoms with Gasteiger partial charge in [-0.15, -0.1) is 0 Å². The van der Waals surface area contributed by atoms with Crippen LogP contribution >= 0.6 is 0 Å². The number of nitrogens with zero attached hydrogens (tertiary/aromatic N) is 2. The van der Waals surface area contributed by atoms with Crippen LogP contribution in [-0.4, -0.2) is 22.0 Å². The zero-order valence-electron chi connectivity index (χ0n) is 15.3. The summed E-state index contributed by atoms with van der Waals surface area (Å²) in [5.41, 5.74) is 4.16. The van der Waals surface area contributed by atoms with Gasteiger partial charge in [0, 0.05) is 18.3 Å². The number of amides is 1. The molecule has 0 aliphatic carbocycles. The van der Waals surface area contributed by atoms with E-state index in [4.69, 9.17) is 0 Å². The Labute approximate surface area is 160 Å². The second-order valence-electron chi connectivity index (χ2n) is 6.73. The molecule has 0 unspecified atom stereocenters. The van der Waals surface area contributed by atoms with Crippen molar-refractivity contribution in [3.63, 3.8) is 0 Å². The van der Waals surface area contributed by atoms with Gasteiger partial charge in [-0.2, -0.15) is 0 Å². The van der Waals surface area contributed by atoms with Gasteiger partial charge in [-0.3, -0.25) is 4.79 Å². The first-order valence-electron chi connectivity index (χ1n) is 9.20. The lowest BCUT2D eigenvalue weighted by Gasteiger charge is -2.31. The Morgan fingerprint density at radius 1 is 0.815 bits per heavy atom. The highest BCUT2D eigenvalue weighted by atomic mass is 16.2. The molecule has 0 saturated heterocycles. The van der Waals surface area contributed by atoms with Crippen LogP contribution in [0.2, 0.25) is 0 Å². The summed E-state index contributed by atoms with van der Waals surface area (Å²) in [6.07, 6.45) is 1.98. The Kier molecular flexibility index (Phi) is 4.86. The van der Waals surface area contributed by atoms with Crippen molar-refractivity contribution < 1.29 is 4.79 Å². The molecule has 3 nitrogen and oxygen atoms in total. The molecule has 3 heteroatoms. The molecule has 0 radical (unpaired) electrons. The van der Waals surface area contributed by atoms with E-state index in [9.17, 15) is 4.79 Å². The first-order chi connectivity index (χ1) is 13.2. The summed E-state index contributed by atoms with van der Waals surface area (Å²) in [7, 11) is 0. The lowest BCUT2D eigenvalue weighted by atomic mass is 10.0. The van der Waals surface area contributed by atoms with E-state index in [0.29, 0.717) is 12.1 Å². The molecule has 1 atom stereocenters. The highest BCUT2D eigenvalue weighted by Gasteiger charge is 2.34. The number of carbonyl (C=O) groups is 1. The lowest BCUT2D eigenvalue weighted by molar-refractivity contribution is 0.0141. The average Bonchev–Trinajstić information content (AvgIpc) is 3.06. The normalized spacial score (nSPS) is 17.0. The first-order valence-corrected chi connectivity index (χ1v) is 9.20. The van der Waals surface area contributed by atoms with Gasteiger partial charge in [-0.25, -0.2) is 10.0 Å². The minimum absolute atomic E-state index is 0.00990. The predicted octanol–water partition coefficient (Wildman–Crippen LogP) is 4.99. The summed E-state index contributed by atoms with van der Waals surface area (Å²) >= 11 is 0. The number of rotatable bonds is 4. The third kappa shape index (κ3) is 3.55. The van der Waals surface area contributed by atoms with Crippen molar-refractivity contribution in [3.05, 3.63) is 114 Å². The number of carbonyl (C=O) groups excluding carboxylic acids is 1. The van der Waals surface area contributed by atoms with Gasteiger partial charge in [-0.05, 0) is 35.8 Å². The summed E-state index contributed by atoms with van der Waals surface area (Å²) in [4.78, 5) is 13.2. The van der Waals surface area contributed by atoms with Crippen molar-refractivity contribution in [2.45, 2.75) is 19.5 Å². The van der Waals surface area contributed by atoms with Crippen LogP contribution in [0.4, 0.5) is 0 Å². The lowest BCUT2D eigenvalue weighted by Crippen LogP contribution is -2.43. The van der Waals surface area contributed by atoms with E-state index in [0.717, 1.165) is 11.1 Å². The molecule has 0 saturated carbocycles. The molecule has 4 rings (SSSR count). The molecular formula is C24H22N2O. The number of hydrogen-bond acceptors (Lipinski definition) is 2. The second kappa shape index (κ2) is 7.60. The second-order valence-corrected chi connectivity index (χ2v) is 6.73. The Morgan fingerprint density at radius 2 is 1.37 bits per heavy atom. The summed E-state index contributed by atoms with van der Waals surface area (Å²) in [5, 5.41) is 3.91. The zero-order valence-corrected chi connectivity index (χ0v) is 15.3. The van der Waals surface area contributed by atoms with Gasteiger partial charge >= 0.3 is 0 Å². The van der Waals surface area contributed by atoms with Crippen molar-refractivity contribution in [1.29, 1.82) is 0 Å². The van der Waals surface area contributed by atoms with Gasteiger partial charge < -0.3 is 0 Å². The minimum atomic E-state index is -0.00990. The largest absolute Gasteiger partial charge is 0.272 e. The van der Waals surface area contributed by atoms with E-state index in [-0.39, 0.29) is 11.9 Å². The SMILES string of the molecule is C[C@@H]1C(c2ccccc2)=CN(C(=O)c2ccccc2)N1Cc1ccccc1. The van der Waals surface area contributed by atoms with Crippen LogP contribution in [0.25, 0.3) is 5.57 Å². The number of hydrazine groups is 1. The molecule has 0 bridgehead atoms. The van der Waals surface area contributed by atoms with E-state index >= 15 is 0 Å². The van der Waals surface area contributed by atoms with Gasteiger partial charge in [0.25, 0.3) is 5.91 Å². The smallest absolute Gasteiger partial charge is 0.267 e. The fourth-order valence-electron chi connectivity index (χ4n) is 3.48. The minimum Gasteiger partial charge on any atom is -0.267 e. The van der Waals surface area contributed by atoms with Crippen molar-refractivity contribution in [2.75, 3.05) is 0 Å². The van der Waals surface area contributed by atoms with Crippen LogP contribution in [-0.2, 0) is 6.54 Å². The fraction of sp³-hybridized carbons (Fsp3) is 0.125. The predicted molar refractivity (Wildman–Crippen MR) is 108 cm³/mol. The Hall–Kier alpha value is -3.17. The quantitative estimate of drug-likeness (QED) is 0.659. The van der Waals surface area contributed by atoms with E-state index in [2.05, 4.69) is 36.2 Å². The van der Waals surface area contributed by atoms with Crippen molar-refractivity contribution in [3.8, 4) is 0 Å². The topological polar surface area (TPSA) is 23.6 Å². The fourth-order valence-corrected chi connectivity index (χ4v) is 3.48. The summed E-state index contributed by atoms with van der Waals surface area (Å²) < 4.78 is 0. The van der Waals surface area contributed by atoms with E-state index in [1.54, 1.807) is 5.01 Å². The van der Waals surface area contributed by atoms with E-state index < -0.39 is 0 Å². The number of hydrogen-bond donors (Lipinski definition) is 0. The van der Waals surface area contributed by atoms with E-state index in [1.165, 1.54) is 5.56 Å². The molecule has 27 heavy (non-hydrogen) atoms. The molecule has 1 amide bonds. The molecule has 0 spiro atoms. The van der Waals surface area contributed by atoms with Crippen LogP contribution in [0, 0.1) is 0 Å². The monoisotopic (exact) mass is 354 g/mol. The van der Waals surface area contributed by atoms with Crippen molar-refractivity contribution in [1.82, 2.24) is 10.0 Å². The Balaban J connectivity index is 1.70. The third-order valence-corrected chi connectivity index (χ3v) is 4.96. The maximum Gasteiger partial charge on any atom is 0.272 e. The van der Waals surface area contributed by atoms with Gasteiger partial charge in [-0.1, -0.05) is 78.9 Å². The van der Waals surface area contributed by atoms with Crippen LogP contribution < -0.4 is 0 Å². The highest BCUT2D eigenvalue weighted by Crippen LogP contribution is 2.32. The Morgan fingerprint density at radius 3 is 2.00 bits per heavy atom. The van der Waals surface area contributed by atoms with Gasteiger partial charge in [0.05, 0.1) is 6.04 Å². The van der Waals surface area contributed by atoms with Crippen LogP contribution in [0.15, 0.2) is 97.2 Å². The van der Waals surface area contributed by atoms with Crippen LogP contribution in [0.5, 0.6) is 0 Å². The van der Waals surface area contributed by atoms with Crippen LogP contribution in [0.1, 0.15) is 28.4 Å². The molecule has 3 aromatic rings. The number of benzene rings is 3. The molecule has 1 aliphatic heterocycles. The maximum absolute atomic E-state index is 13.2. The highest BCUT2D eigenvalue weighted by molar-refractivity contribution is 5.96.